The normalized spacial score (nSPS) is 13.7. The van der Waals surface area contributed by atoms with Crippen molar-refractivity contribution in [2.24, 2.45) is 0 Å². The Labute approximate surface area is 476 Å². The summed E-state index contributed by atoms with van der Waals surface area (Å²) in [5, 5.41) is 4.55. The quantitative estimate of drug-likeness (QED) is 0.136. The van der Waals surface area contributed by atoms with Gasteiger partial charge in [-0.2, -0.15) is 0 Å². The van der Waals surface area contributed by atoms with Crippen LogP contribution in [0.4, 0.5) is 17.1 Å². The predicted molar refractivity (Wildman–Crippen MR) is 342 cm³/mol. The van der Waals surface area contributed by atoms with Crippen LogP contribution in [-0.2, 0) is 5.41 Å². The molecule has 0 fully saturated rings. The largest absolute Gasteiger partial charge is 0.456 e. The molecule has 2 aromatic heterocycles. The summed E-state index contributed by atoms with van der Waals surface area (Å²) in [5.74, 6) is 0. The van der Waals surface area contributed by atoms with Crippen LogP contribution in [0.3, 0.4) is 0 Å². The van der Waals surface area contributed by atoms with E-state index in [0.717, 1.165) is 66.9 Å². The van der Waals surface area contributed by atoms with Crippen LogP contribution in [0.15, 0.2) is 320 Å². The Balaban J connectivity index is 0.933. The van der Waals surface area contributed by atoms with Crippen molar-refractivity contribution in [1.82, 2.24) is 4.57 Å². The molecule has 0 saturated carbocycles. The molecule has 13 aromatic carbocycles. The second-order valence-corrected chi connectivity index (χ2v) is 21.5. The number of fused-ring (bicyclic) bond motifs is 9. The summed E-state index contributed by atoms with van der Waals surface area (Å²) in [7, 11) is 0. The van der Waals surface area contributed by atoms with E-state index in [-0.39, 0.29) is 0 Å². The second-order valence-electron chi connectivity index (χ2n) is 21.5. The maximum atomic E-state index is 6.82. The van der Waals surface area contributed by atoms with Gasteiger partial charge in [-0.3, -0.25) is 0 Å². The van der Waals surface area contributed by atoms with Gasteiger partial charge in [-0.25, -0.2) is 0 Å². The number of aromatic nitrogens is 1. The highest BCUT2D eigenvalue weighted by atomic mass is 16.3. The lowest BCUT2D eigenvalue weighted by atomic mass is 9.67. The number of para-hydroxylation sites is 2. The average molecular weight is 1050 g/mol. The van der Waals surface area contributed by atoms with Gasteiger partial charge in [0.25, 0.3) is 0 Å². The van der Waals surface area contributed by atoms with Gasteiger partial charge in [0.1, 0.15) is 11.2 Å². The van der Waals surface area contributed by atoms with Gasteiger partial charge < -0.3 is 13.9 Å². The van der Waals surface area contributed by atoms with Crippen LogP contribution >= 0.6 is 0 Å². The lowest BCUT2D eigenvalue weighted by Crippen LogP contribution is -2.29. The molecule has 0 bridgehead atoms. The van der Waals surface area contributed by atoms with Crippen LogP contribution in [0.25, 0.3) is 105 Å². The Morgan fingerprint density at radius 2 is 0.854 bits per heavy atom. The molecule has 1 unspecified atom stereocenters. The summed E-state index contributed by atoms with van der Waals surface area (Å²) in [6.45, 7) is 0. The van der Waals surface area contributed by atoms with Crippen molar-refractivity contribution in [3.63, 3.8) is 0 Å². The summed E-state index contributed by atoms with van der Waals surface area (Å²) in [5.41, 5.74) is 24.4. The van der Waals surface area contributed by atoms with E-state index in [0.29, 0.717) is 0 Å². The molecule has 15 aromatic rings. The molecular formula is C79H52N2O. The summed E-state index contributed by atoms with van der Waals surface area (Å²) in [6, 6.07) is 116. The minimum atomic E-state index is -0.693. The number of hydrogen-bond donors (Lipinski definition) is 0. The fourth-order valence-corrected chi connectivity index (χ4v) is 13.6. The second kappa shape index (κ2) is 19.3. The minimum absolute atomic E-state index is 0.693. The molecular weight excluding hydrogens is 993 g/mol. The van der Waals surface area contributed by atoms with Gasteiger partial charge in [0.05, 0.1) is 27.5 Å². The van der Waals surface area contributed by atoms with Crippen LogP contribution in [0.2, 0.25) is 0 Å². The van der Waals surface area contributed by atoms with Crippen LogP contribution in [-0.4, -0.2) is 4.57 Å². The molecule has 1 atom stereocenters. The van der Waals surface area contributed by atoms with E-state index in [9.17, 15) is 0 Å². The molecule has 1 aliphatic rings. The van der Waals surface area contributed by atoms with Gasteiger partial charge in [0.2, 0.25) is 0 Å². The summed E-state index contributed by atoms with van der Waals surface area (Å²) in [6.07, 6.45) is 0. The molecule has 2 heterocycles. The van der Waals surface area contributed by atoms with Crippen molar-refractivity contribution < 1.29 is 4.42 Å². The van der Waals surface area contributed by atoms with E-state index < -0.39 is 5.41 Å². The van der Waals surface area contributed by atoms with E-state index in [1.165, 1.54) is 77.4 Å². The monoisotopic (exact) mass is 1040 g/mol. The van der Waals surface area contributed by atoms with Crippen molar-refractivity contribution in [2.45, 2.75) is 5.41 Å². The first kappa shape index (κ1) is 47.3. The molecule has 16 rings (SSSR count). The number of benzene rings is 13. The minimum Gasteiger partial charge on any atom is -0.456 e. The lowest BCUT2D eigenvalue weighted by Gasteiger charge is -2.35. The topological polar surface area (TPSA) is 21.3 Å². The molecule has 0 spiro atoms. The molecule has 384 valence electrons. The van der Waals surface area contributed by atoms with Gasteiger partial charge in [-0.15, -0.1) is 0 Å². The van der Waals surface area contributed by atoms with Crippen LogP contribution in [0.5, 0.6) is 0 Å². The van der Waals surface area contributed by atoms with E-state index in [2.05, 4.69) is 325 Å². The Kier molecular flexibility index (Phi) is 11.1. The summed E-state index contributed by atoms with van der Waals surface area (Å²) < 4.78 is 9.20. The molecule has 0 amide bonds. The summed E-state index contributed by atoms with van der Waals surface area (Å²) in [4.78, 5) is 2.46. The number of rotatable bonds is 10. The first-order valence-corrected chi connectivity index (χ1v) is 28.2. The summed E-state index contributed by atoms with van der Waals surface area (Å²) >= 11 is 0. The highest BCUT2D eigenvalue weighted by Gasteiger charge is 2.47. The van der Waals surface area contributed by atoms with Crippen LogP contribution in [0, 0.1) is 0 Å². The van der Waals surface area contributed by atoms with Gasteiger partial charge >= 0.3 is 0 Å². The smallest absolute Gasteiger partial charge is 0.137 e. The third-order valence-corrected chi connectivity index (χ3v) is 17.1. The lowest BCUT2D eigenvalue weighted by molar-refractivity contribution is 0.669. The van der Waals surface area contributed by atoms with Gasteiger partial charge in [-0.1, -0.05) is 237 Å². The van der Waals surface area contributed by atoms with Gasteiger partial charge in [0, 0.05) is 33.2 Å². The molecule has 3 nitrogen and oxygen atoms in total. The molecule has 0 radical (unpaired) electrons. The number of nitrogens with zero attached hydrogens (tertiary/aromatic N) is 2. The zero-order valence-corrected chi connectivity index (χ0v) is 44.8. The number of hydrogen-bond acceptors (Lipinski definition) is 2. The Bertz CT molecular complexity index is 4920. The van der Waals surface area contributed by atoms with Crippen molar-refractivity contribution in [3.8, 4) is 61.3 Å². The van der Waals surface area contributed by atoms with Gasteiger partial charge in [-0.05, 0) is 157 Å². The zero-order valence-electron chi connectivity index (χ0n) is 44.8. The van der Waals surface area contributed by atoms with Gasteiger partial charge in [0.15, 0.2) is 0 Å². The standard InChI is InChI=1S/C79H52N2O/c1-5-23-53(24-6-1)56-46-48-75-69(51-56)78-74(43-22-44-76(78)82-75)80(61-33-19-27-55(49-61)57-45-47-73-68(50-57)65-37-16-18-42-72(65)81(73)60-31-11-4-12-32-60)62-34-20-30-59(52-62)79(58-28-9-3-10-29-58)70-40-17-15-38-67(70)77-66(39-21-41-71(77)79)64-36-14-13-35-63(64)54-25-7-2-8-26-54/h1-52H. The Hall–Kier alpha value is -10.7. The van der Waals surface area contributed by atoms with Crippen molar-refractivity contribution in [2.75, 3.05) is 4.90 Å². The fourth-order valence-electron chi connectivity index (χ4n) is 13.6. The zero-order chi connectivity index (χ0) is 54.1. The Morgan fingerprint density at radius 3 is 1.67 bits per heavy atom. The molecule has 0 aliphatic heterocycles. The van der Waals surface area contributed by atoms with Crippen molar-refractivity contribution >= 4 is 60.8 Å². The van der Waals surface area contributed by atoms with Crippen molar-refractivity contribution in [1.29, 1.82) is 0 Å². The first-order chi connectivity index (χ1) is 40.7. The van der Waals surface area contributed by atoms with Crippen molar-refractivity contribution in [3.05, 3.63) is 338 Å². The average Bonchev–Trinajstić information content (AvgIpc) is 3.82. The SMILES string of the molecule is c1ccc(-c2ccc3oc4cccc(N(c5cccc(-c6ccc7c(c6)c6ccccc6n7-c6ccccc6)c5)c5cccc(C6(c7ccccc7)c7ccccc7-c7c(-c8ccccc8-c8ccccc8)cccc76)c5)c4c3c2)cc1. The molecule has 0 saturated heterocycles. The maximum absolute atomic E-state index is 6.82. The predicted octanol–water partition coefficient (Wildman–Crippen LogP) is 21.2. The third kappa shape index (κ3) is 7.44. The maximum Gasteiger partial charge on any atom is 0.137 e. The molecule has 0 N–H and O–H groups in total. The molecule has 1 aliphatic carbocycles. The number of anilines is 3. The van der Waals surface area contributed by atoms with Crippen LogP contribution < -0.4 is 4.90 Å². The number of furan rings is 1. The first-order valence-electron chi connectivity index (χ1n) is 28.2. The van der Waals surface area contributed by atoms with E-state index in [4.69, 9.17) is 4.42 Å². The van der Waals surface area contributed by atoms with E-state index in [1.54, 1.807) is 0 Å². The molecule has 3 heteroatoms. The Morgan fingerprint density at radius 1 is 0.305 bits per heavy atom. The highest BCUT2D eigenvalue weighted by Crippen LogP contribution is 2.59. The third-order valence-electron chi connectivity index (χ3n) is 17.1. The fraction of sp³-hybridized carbons (Fsp3) is 0.0127. The van der Waals surface area contributed by atoms with E-state index >= 15 is 0 Å². The highest BCUT2D eigenvalue weighted by molar-refractivity contribution is 6.15. The molecule has 82 heavy (non-hydrogen) atoms. The van der Waals surface area contributed by atoms with E-state index in [1.807, 2.05) is 0 Å². The van der Waals surface area contributed by atoms with Crippen LogP contribution in [0.1, 0.15) is 22.3 Å².